The summed E-state index contributed by atoms with van der Waals surface area (Å²) in [5.41, 5.74) is 2.03. The van der Waals surface area contributed by atoms with Crippen LogP contribution in [0, 0.1) is 0 Å². The highest BCUT2D eigenvalue weighted by Gasteiger charge is 2.15. The maximum Gasteiger partial charge on any atom is 0.209 e. The van der Waals surface area contributed by atoms with Gasteiger partial charge in [0.05, 0.1) is 7.11 Å². The second kappa shape index (κ2) is 10.8. The largest absolute Gasteiger partial charge is 0.493 e. The summed E-state index contributed by atoms with van der Waals surface area (Å²) < 4.78 is 14.3. The van der Waals surface area contributed by atoms with E-state index in [2.05, 4.69) is 36.8 Å². The molecule has 0 spiro atoms. The van der Waals surface area contributed by atoms with Crippen LogP contribution in [-0.4, -0.2) is 39.6 Å². The van der Waals surface area contributed by atoms with Gasteiger partial charge in [0, 0.05) is 40.9 Å². The summed E-state index contributed by atoms with van der Waals surface area (Å²) in [5.74, 6) is 2.25. The van der Waals surface area contributed by atoms with Gasteiger partial charge in [-0.1, -0.05) is 51.4 Å². The molecule has 1 heterocycles. The standard InChI is InChI=1S/C19H21BrClN5O2S/c1-26-19(23-24-25-26)29-10-9-22-11-15-16(20)7-8-17(27-2)18(15)28-12-13-3-5-14(21)6-4-13/h3-8,22H,9-12H2,1-2H3. The van der Waals surface area contributed by atoms with Gasteiger partial charge in [-0.2, -0.15) is 0 Å². The molecule has 0 saturated carbocycles. The molecule has 29 heavy (non-hydrogen) atoms. The third-order valence-corrected chi connectivity index (χ3v) is 6.08. The van der Waals surface area contributed by atoms with E-state index in [1.807, 2.05) is 43.4 Å². The summed E-state index contributed by atoms with van der Waals surface area (Å²) in [6.07, 6.45) is 0. The number of rotatable bonds is 10. The Balaban J connectivity index is 1.62. The van der Waals surface area contributed by atoms with Gasteiger partial charge < -0.3 is 14.8 Å². The van der Waals surface area contributed by atoms with Crippen molar-refractivity contribution in [2.24, 2.45) is 7.05 Å². The monoisotopic (exact) mass is 497 g/mol. The van der Waals surface area contributed by atoms with Crippen molar-refractivity contribution in [3.63, 3.8) is 0 Å². The van der Waals surface area contributed by atoms with Crippen LogP contribution in [0.3, 0.4) is 0 Å². The molecule has 0 bridgehead atoms. The number of hydrogen-bond donors (Lipinski definition) is 1. The maximum atomic E-state index is 6.12. The molecule has 154 valence electrons. The van der Waals surface area contributed by atoms with Crippen molar-refractivity contribution in [1.29, 1.82) is 0 Å². The molecule has 3 aromatic rings. The number of ether oxygens (including phenoxy) is 2. The number of halogens is 2. The van der Waals surface area contributed by atoms with Gasteiger partial charge in [0.25, 0.3) is 0 Å². The second-order valence-electron chi connectivity index (χ2n) is 6.08. The zero-order valence-electron chi connectivity index (χ0n) is 16.1. The maximum absolute atomic E-state index is 6.12. The Kier molecular flexibility index (Phi) is 8.17. The minimum Gasteiger partial charge on any atom is -0.493 e. The molecular formula is C19H21BrClN5O2S. The topological polar surface area (TPSA) is 74.1 Å². The average Bonchev–Trinajstić information content (AvgIpc) is 3.13. The van der Waals surface area contributed by atoms with Crippen LogP contribution in [0.2, 0.25) is 5.02 Å². The summed E-state index contributed by atoms with van der Waals surface area (Å²) in [6.45, 7) is 1.84. The zero-order chi connectivity index (χ0) is 20.6. The lowest BCUT2D eigenvalue weighted by Gasteiger charge is -2.17. The molecule has 0 aliphatic carbocycles. The van der Waals surface area contributed by atoms with Crippen LogP contribution in [0.15, 0.2) is 46.0 Å². The predicted octanol–water partition coefficient (Wildman–Crippen LogP) is 4.10. The highest BCUT2D eigenvalue weighted by Crippen LogP contribution is 2.36. The normalized spacial score (nSPS) is 10.9. The van der Waals surface area contributed by atoms with Crippen LogP contribution in [0.1, 0.15) is 11.1 Å². The first-order chi connectivity index (χ1) is 14.1. The Labute approximate surface area is 187 Å². The summed E-state index contributed by atoms with van der Waals surface area (Å²) >= 11 is 11.2. The number of hydrogen-bond acceptors (Lipinski definition) is 7. The quantitative estimate of drug-likeness (QED) is 0.333. The van der Waals surface area contributed by atoms with Gasteiger partial charge in [-0.15, -0.1) is 5.10 Å². The Morgan fingerprint density at radius 1 is 1.21 bits per heavy atom. The highest BCUT2D eigenvalue weighted by atomic mass is 79.9. The van der Waals surface area contributed by atoms with E-state index in [9.17, 15) is 0 Å². The number of thioether (sulfide) groups is 1. The zero-order valence-corrected chi connectivity index (χ0v) is 19.2. The third-order valence-electron chi connectivity index (χ3n) is 4.08. The third kappa shape index (κ3) is 6.08. The molecule has 0 unspecified atom stereocenters. The van der Waals surface area contributed by atoms with Crippen LogP contribution in [-0.2, 0) is 20.2 Å². The van der Waals surface area contributed by atoms with Gasteiger partial charge in [-0.25, -0.2) is 4.68 Å². The molecule has 7 nitrogen and oxygen atoms in total. The number of nitrogens with zero attached hydrogens (tertiary/aromatic N) is 4. The molecule has 1 N–H and O–H groups in total. The highest BCUT2D eigenvalue weighted by molar-refractivity contribution is 9.10. The van der Waals surface area contributed by atoms with E-state index in [4.69, 9.17) is 21.1 Å². The molecule has 0 radical (unpaired) electrons. The van der Waals surface area contributed by atoms with Crippen molar-refractivity contribution in [2.45, 2.75) is 18.3 Å². The fourth-order valence-electron chi connectivity index (χ4n) is 2.57. The molecule has 0 fully saturated rings. The van der Waals surface area contributed by atoms with Gasteiger partial charge in [-0.05, 0) is 40.3 Å². The van der Waals surface area contributed by atoms with Gasteiger partial charge in [0.2, 0.25) is 5.16 Å². The number of aromatic nitrogens is 4. The lowest BCUT2D eigenvalue weighted by molar-refractivity contribution is 0.280. The summed E-state index contributed by atoms with van der Waals surface area (Å²) in [6, 6.07) is 11.5. The van der Waals surface area contributed by atoms with E-state index in [-0.39, 0.29) is 0 Å². The van der Waals surface area contributed by atoms with E-state index in [0.717, 1.165) is 38.8 Å². The van der Waals surface area contributed by atoms with Gasteiger partial charge in [0.15, 0.2) is 11.5 Å². The first-order valence-electron chi connectivity index (χ1n) is 8.87. The molecule has 1 aromatic heterocycles. The molecule has 0 aliphatic heterocycles. The summed E-state index contributed by atoms with van der Waals surface area (Å²) in [4.78, 5) is 0. The fourth-order valence-corrected chi connectivity index (χ4v) is 3.90. The predicted molar refractivity (Wildman–Crippen MR) is 118 cm³/mol. The SMILES string of the molecule is COc1ccc(Br)c(CNCCSc2nnnn2C)c1OCc1ccc(Cl)cc1. The first kappa shape index (κ1) is 21.9. The van der Waals surface area contributed by atoms with E-state index in [1.54, 1.807) is 23.6 Å². The molecule has 0 aliphatic rings. The van der Waals surface area contributed by atoms with E-state index >= 15 is 0 Å². The number of methoxy groups -OCH3 is 1. The van der Waals surface area contributed by atoms with Crippen molar-refractivity contribution in [3.8, 4) is 11.5 Å². The first-order valence-corrected chi connectivity index (χ1v) is 11.0. The van der Waals surface area contributed by atoms with Crippen LogP contribution < -0.4 is 14.8 Å². The minimum absolute atomic E-state index is 0.423. The Morgan fingerprint density at radius 3 is 2.69 bits per heavy atom. The lowest BCUT2D eigenvalue weighted by atomic mass is 10.1. The lowest BCUT2D eigenvalue weighted by Crippen LogP contribution is -2.18. The van der Waals surface area contributed by atoms with Crippen molar-refractivity contribution in [2.75, 3.05) is 19.4 Å². The number of benzene rings is 2. The van der Waals surface area contributed by atoms with Gasteiger partial charge >= 0.3 is 0 Å². The minimum atomic E-state index is 0.423. The van der Waals surface area contributed by atoms with E-state index in [1.165, 1.54) is 0 Å². The molecule has 0 saturated heterocycles. The molecule has 10 heteroatoms. The molecule has 0 atom stereocenters. The summed E-state index contributed by atoms with van der Waals surface area (Å²) in [7, 11) is 3.47. The average molecular weight is 499 g/mol. The second-order valence-corrected chi connectivity index (χ2v) is 8.44. The van der Waals surface area contributed by atoms with E-state index < -0.39 is 0 Å². The Hall–Kier alpha value is -1.81. The van der Waals surface area contributed by atoms with Crippen molar-refractivity contribution < 1.29 is 9.47 Å². The fraction of sp³-hybridized carbons (Fsp3) is 0.316. The Bertz CT molecular complexity index is 939. The van der Waals surface area contributed by atoms with Gasteiger partial charge in [0.1, 0.15) is 6.61 Å². The summed E-state index contributed by atoms with van der Waals surface area (Å²) in [5, 5.41) is 16.4. The van der Waals surface area contributed by atoms with Crippen molar-refractivity contribution in [1.82, 2.24) is 25.5 Å². The molecular weight excluding hydrogens is 478 g/mol. The van der Waals surface area contributed by atoms with Crippen LogP contribution >= 0.6 is 39.3 Å². The number of aryl methyl sites for hydroxylation is 1. The molecule has 2 aromatic carbocycles. The number of tetrazole rings is 1. The van der Waals surface area contributed by atoms with E-state index in [0.29, 0.717) is 23.9 Å². The smallest absolute Gasteiger partial charge is 0.209 e. The van der Waals surface area contributed by atoms with Crippen molar-refractivity contribution >= 4 is 39.3 Å². The molecule has 3 rings (SSSR count). The van der Waals surface area contributed by atoms with Crippen LogP contribution in [0.5, 0.6) is 11.5 Å². The van der Waals surface area contributed by atoms with Crippen LogP contribution in [0.25, 0.3) is 0 Å². The van der Waals surface area contributed by atoms with Gasteiger partial charge in [-0.3, -0.25) is 0 Å². The van der Waals surface area contributed by atoms with Crippen LogP contribution in [0.4, 0.5) is 0 Å². The number of nitrogens with one attached hydrogen (secondary N) is 1. The Morgan fingerprint density at radius 2 is 2.00 bits per heavy atom. The van der Waals surface area contributed by atoms with Crippen molar-refractivity contribution in [3.05, 3.63) is 57.0 Å². The molecule has 0 amide bonds.